The Morgan fingerprint density at radius 3 is 2.72 bits per heavy atom. The number of pyridine rings is 1. The van der Waals surface area contributed by atoms with E-state index in [0.29, 0.717) is 13.1 Å². The summed E-state index contributed by atoms with van der Waals surface area (Å²) in [5.74, 6) is -1.38. The summed E-state index contributed by atoms with van der Waals surface area (Å²) in [4.78, 5) is 17.4. The minimum Gasteiger partial charge on any atom is -0.381 e. The summed E-state index contributed by atoms with van der Waals surface area (Å²) in [5.41, 5.74) is 5.32. The number of morpholine rings is 1. The average molecular weight is 253 g/mol. The Bertz CT molecular complexity index is 457. The lowest BCUT2D eigenvalue weighted by Crippen LogP contribution is -2.48. The van der Waals surface area contributed by atoms with Crippen molar-refractivity contribution in [2.45, 2.75) is 26.1 Å². The third-order valence-corrected chi connectivity index (χ3v) is 2.85. The number of ether oxygens (including phenoxy) is 1. The van der Waals surface area contributed by atoms with Gasteiger partial charge in [0.1, 0.15) is 0 Å². The molecule has 1 aromatic rings. The van der Waals surface area contributed by atoms with Crippen LogP contribution >= 0.6 is 0 Å². The first-order chi connectivity index (χ1) is 8.49. The normalized spacial score (nSPS) is 24.1. The van der Waals surface area contributed by atoms with Gasteiger partial charge in [-0.3, -0.25) is 4.79 Å². The van der Waals surface area contributed by atoms with Crippen molar-refractivity contribution in [3.05, 3.63) is 23.6 Å². The molecule has 18 heavy (non-hydrogen) atoms. The van der Waals surface area contributed by atoms with Gasteiger partial charge in [-0.15, -0.1) is 0 Å². The highest BCUT2D eigenvalue weighted by atomic mass is 19.1. The molecule has 2 atom stereocenters. The fraction of sp³-hybridized carbons (Fsp3) is 0.500. The second kappa shape index (κ2) is 4.89. The Morgan fingerprint density at radius 2 is 2.11 bits per heavy atom. The van der Waals surface area contributed by atoms with Gasteiger partial charge in [-0.2, -0.15) is 0 Å². The first kappa shape index (κ1) is 12.8. The molecule has 0 aliphatic carbocycles. The van der Waals surface area contributed by atoms with Gasteiger partial charge >= 0.3 is 0 Å². The second-order valence-corrected chi connectivity index (χ2v) is 4.53. The van der Waals surface area contributed by atoms with Gasteiger partial charge in [0.25, 0.3) is 5.91 Å². The maximum absolute atomic E-state index is 13.7. The molecule has 2 heterocycles. The topological polar surface area (TPSA) is 68.5 Å². The summed E-state index contributed by atoms with van der Waals surface area (Å²) >= 11 is 0. The number of rotatable bonds is 1. The molecule has 1 amide bonds. The van der Waals surface area contributed by atoms with Crippen LogP contribution in [0.5, 0.6) is 0 Å². The van der Waals surface area contributed by atoms with E-state index in [2.05, 4.69) is 4.98 Å². The van der Waals surface area contributed by atoms with E-state index in [4.69, 9.17) is 10.5 Å². The Kier molecular flexibility index (Phi) is 3.47. The van der Waals surface area contributed by atoms with Crippen molar-refractivity contribution < 1.29 is 13.9 Å². The lowest BCUT2D eigenvalue weighted by Gasteiger charge is -2.35. The maximum atomic E-state index is 13.7. The van der Waals surface area contributed by atoms with Crippen LogP contribution in [0, 0.1) is 5.82 Å². The molecule has 0 bridgehead atoms. The summed E-state index contributed by atoms with van der Waals surface area (Å²) < 4.78 is 19.3. The molecule has 2 rings (SSSR count). The van der Waals surface area contributed by atoms with Crippen LogP contribution in [0.25, 0.3) is 0 Å². The summed E-state index contributed by atoms with van der Waals surface area (Å²) in [5, 5.41) is 0. The summed E-state index contributed by atoms with van der Waals surface area (Å²) in [7, 11) is 0. The monoisotopic (exact) mass is 253 g/mol. The van der Waals surface area contributed by atoms with Crippen LogP contribution in [-0.2, 0) is 4.74 Å². The maximum Gasteiger partial charge on any atom is 0.257 e. The van der Waals surface area contributed by atoms with Crippen LogP contribution in [0.2, 0.25) is 0 Å². The molecule has 6 heteroatoms. The third-order valence-electron chi connectivity index (χ3n) is 2.85. The van der Waals surface area contributed by atoms with E-state index in [-0.39, 0.29) is 29.5 Å². The van der Waals surface area contributed by atoms with E-state index < -0.39 is 5.82 Å². The van der Waals surface area contributed by atoms with E-state index in [0.717, 1.165) is 0 Å². The van der Waals surface area contributed by atoms with E-state index >= 15 is 0 Å². The number of nitrogens with two attached hydrogens (primary N) is 1. The predicted octanol–water partition coefficient (Wildman–Crippen LogP) is 1.05. The van der Waals surface area contributed by atoms with Crippen molar-refractivity contribution in [1.29, 1.82) is 0 Å². The zero-order valence-electron chi connectivity index (χ0n) is 10.4. The van der Waals surface area contributed by atoms with Gasteiger partial charge in [-0.05, 0) is 19.9 Å². The molecule has 1 aliphatic heterocycles. The summed E-state index contributed by atoms with van der Waals surface area (Å²) in [6.07, 6.45) is 1.22. The molecular weight excluding hydrogens is 237 g/mol. The molecule has 1 aromatic heterocycles. The molecule has 2 unspecified atom stereocenters. The molecule has 98 valence electrons. The summed E-state index contributed by atoms with van der Waals surface area (Å²) in [6.45, 7) is 4.66. The Hall–Kier alpha value is -1.69. The van der Waals surface area contributed by atoms with E-state index in [1.807, 2.05) is 13.8 Å². The highest BCUT2D eigenvalue weighted by Crippen LogP contribution is 2.18. The van der Waals surface area contributed by atoms with E-state index in [1.54, 1.807) is 4.90 Å². The number of amides is 1. The van der Waals surface area contributed by atoms with Crippen molar-refractivity contribution in [1.82, 2.24) is 9.88 Å². The summed E-state index contributed by atoms with van der Waals surface area (Å²) in [6, 6.07) is 1.35. The Balaban J connectivity index is 2.23. The molecule has 0 radical (unpaired) electrons. The average Bonchev–Trinajstić information content (AvgIpc) is 2.30. The number of halogens is 1. The van der Waals surface area contributed by atoms with E-state index in [9.17, 15) is 9.18 Å². The minimum atomic E-state index is -0.755. The van der Waals surface area contributed by atoms with Crippen LogP contribution in [0.15, 0.2) is 12.3 Å². The van der Waals surface area contributed by atoms with Crippen molar-refractivity contribution in [2.24, 2.45) is 0 Å². The molecule has 1 saturated heterocycles. The Morgan fingerprint density at radius 1 is 1.50 bits per heavy atom. The molecule has 5 nitrogen and oxygen atoms in total. The minimum absolute atomic E-state index is 0.0381. The first-order valence-electron chi connectivity index (χ1n) is 5.83. The molecular formula is C12H16FN3O2. The van der Waals surface area contributed by atoms with Gasteiger partial charge in [0, 0.05) is 19.3 Å². The second-order valence-electron chi connectivity index (χ2n) is 4.53. The quantitative estimate of drug-likeness (QED) is 0.812. The highest BCUT2D eigenvalue weighted by molar-refractivity contribution is 5.95. The molecule has 1 aliphatic rings. The molecule has 2 N–H and O–H groups in total. The van der Waals surface area contributed by atoms with Gasteiger partial charge in [-0.25, -0.2) is 9.37 Å². The van der Waals surface area contributed by atoms with Crippen LogP contribution in [0.3, 0.4) is 0 Å². The lowest BCUT2D eigenvalue weighted by atomic mass is 10.1. The van der Waals surface area contributed by atoms with Crippen molar-refractivity contribution in [3.8, 4) is 0 Å². The predicted molar refractivity (Wildman–Crippen MR) is 64.5 cm³/mol. The smallest absolute Gasteiger partial charge is 0.257 e. The fourth-order valence-corrected chi connectivity index (χ4v) is 2.14. The molecule has 0 spiro atoms. The van der Waals surface area contributed by atoms with Gasteiger partial charge in [0.05, 0.1) is 17.8 Å². The number of hydrogen-bond acceptors (Lipinski definition) is 4. The number of nitrogens with zero attached hydrogens (tertiary/aromatic N) is 2. The number of aromatic nitrogens is 1. The standard InChI is InChI=1S/C12H16FN3O2/c1-7-5-16(6-8(2)18-7)12(17)9-3-4-15-11(14)10(9)13/h3-4,7-8H,5-6H2,1-2H3,(H2,14,15). The largest absolute Gasteiger partial charge is 0.381 e. The highest BCUT2D eigenvalue weighted by Gasteiger charge is 2.28. The van der Waals surface area contributed by atoms with Crippen molar-refractivity contribution in [2.75, 3.05) is 18.8 Å². The van der Waals surface area contributed by atoms with Crippen molar-refractivity contribution >= 4 is 11.7 Å². The number of carbonyl (C=O) groups is 1. The van der Waals surface area contributed by atoms with Crippen LogP contribution in [0.1, 0.15) is 24.2 Å². The van der Waals surface area contributed by atoms with Crippen LogP contribution in [-0.4, -0.2) is 41.1 Å². The SMILES string of the molecule is CC1CN(C(=O)c2ccnc(N)c2F)CC(C)O1. The number of anilines is 1. The zero-order chi connectivity index (χ0) is 13.3. The number of carbonyl (C=O) groups excluding carboxylic acids is 1. The lowest BCUT2D eigenvalue weighted by molar-refractivity contribution is -0.0587. The number of hydrogen-bond donors (Lipinski definition) is 1. The van der Waals surface area contributed by atoms with Crippen LogP contribution in [0.4, 0.5) is 10.2 Å². The zero-order valence-corrected chi connectivity index (χ0v) is 10.4. The van der Waals surface area contributed by atoms with Crippen LogP contribution < -0.4 is 5.73 Å². The fourth-order valence-electron chi connectivity index (χ4n) is 2.14. The van der Waals surface area contributed by atoms with Crippen molar-refractivity contribution in [3.63, 3.8) is 0 Å². The van der Waals surface area contributed by atoms with Gasteiger partial charge in [0.15, 0.2) is 11.6 Å². The van der Waals surface area contributed by atoms with E-state index in [1.165, 1.54) is 12.3 Å². The molecule has 0 aromatic carbocycles. The first-order valence-corrected chi connectivity index (χ1v) is 5.83. The van der Waals surface area contributed by atoms with Gasteiger partial charge in [0.2, 0.25) is 0 Å². The third kappa shape index (κ3) is 2.43. The molecule has 1 fully saturated rings. The van der Waals surface area contributed by atoms with Gasteiger partial charge in [-0.1, -0.05) is 0 Å². The van der Waals surface area contributed by atoms with Gasteiger partial charge < -0.3 is 15.4 Å². The Labute approximate surface area is 105 Å². The number of nitrogen functional groups attached to an aromatic ring is 1. The molecule has 0 saturated carbocycles.